The summed E-state index contributed by atoms with van der Waals surface area (Å²) in [5.74, 6) is 0.541. The van der Waals surface area contributed by atoms with Crippen molar-refractivity contribution in [3.05, 3.63) is 198 Å². The van der Waals surface area contributed by atoms with E-state index in [-0.39, 0.29) is 5.25 Å². The van der Waals surface area contributed by atoms with E-state index < -0.39 is 18.1 Å². The smallest absolute Gasteiger partial charge is 0.146 e. The minimum atomic E-state index is -2.64. The maximum atomic E-state index is 3.66. The third kappa shape index (κ3) is 5.17. The lowest BCUT2D eigenvalue weighted by molar-refractivity contribution is 0.735. The highest BCUT2D eigenvalue weighted by atomic mass is 32.3. The molecule has 0 N–H and O–H groups in total. The fourth-order valence-corrected chi connectivity index (χ4v) is 16.8. The maximum absolute atomic E-state index is 3.66. The first-order valence-corrected chi connectivity index (χ1v) is 19.6. The molecule has 0 saturated heterocycles. The van der Waals surface area contributed by atoms with Gasteiger partial charge >= 0.3 is 0 Å². The summed E-state index contributed by atoms with van der Waals surface area (Å²) in [7, 11) is -4.38. The second-order valence-electron chi connectivity index (χ2n) is 12.0. The molecule has 2 aliphatic carbocycles. The van der Waals surface area contributed by atoms with Gasteiger partial charge in [-0.2, -0.15) is 0 Å². The molecule has 5 aromatic carbocycles. The van der Waals surface area contributed by atoms with Gasteiger partial charge in [0, 0.05) is 10.1 Å². The van der Waals surface area contributed by atoms with E-state index in [4.69, 9.17) is 0 Å². The molecular weight excluding hydrogens is 577 g/mol. The molecule has 0 aliphatic heterocycles. The van der Waals surface area contributed by atoms with Crippen molar-refractivity contribution < 1.29 is 0 Å². The van der Waals surface area contributed by atoms with Gasteiger partial charge in [0.05, 0.1) is 0 Å². The van der Waals surface area contributed by atoms with Crippen molar-refractivity contribution in [3.63, 3.8) is 0 Å². The second-order valence-corrected chi connectivity index (χ2v) is 19.2. The molecule has 45 heavy (non-hydrogen) atoms. The van der Waals surface area contributed by atoms with Crippen LogP contribution in [0.4, 0.5) is 0 Å². The van der Waals surface area contributed by atoms with Crippen molar-refractivity contribution in [2.45, 2.75) is 34.8 Å². The van der Waals surface area contributed by atoms with Gasteiger partial charge in [-0.15, -0.1) is 10.0 Å². The zero-order chi connectivity index (χ0) is 30.5. The second kappa shape index (κ2) is 12.8. The Kier molecular flexibility index (Phi) is 8.31. The lowest BCUT2D eigenvalue weighted by Gasteiger charge is -2.49. The summed E-state index contributed by atoms with van der Waals surface area (Å²) in [6.07, 6.45) is 16.7. The highest BCUT2D eigenvalue weighted by molar-refractivity contribution is 8.37. The van der Waals surface area contributed by atoms with Crippen LogP contribution >= 0.6 is 10.0 Å². The first-order valence-electron chi connectivity index (χ1n) is 15.9. The van der Waals surface area contributed by atoms with Crippen LogP contribution in [0.3, 0.4) is 0 Å². The molecule has 3 atom stereocenters. The molecule has 0 fully saturated rings. The fraction of sp³-hybridized carbons (Fsp3) is 0.116. The summed E-state index contributed by atoms with van der Waals surface area (Å²) in [4.78, 5) is 4.07. The zero-order valence-electron chi connectivity index (χ0n) is 25.7. The maximum Gasteiger partial charge on any atom is 0.175 e. The predicted molar refractivity (Wildman–Crippen MR) is 195 cm³/mol. The van der Waals surface area contributed by atoms with Crippen molar-refractivity contribution in [3.8, 4) is 0 Å². The molecule has 0 radical (unpaired) electrons. The zero-order valence-corrected chi connectivity index (χ0v) is 27.5. The van der Waals surface area contributed by atoms with Crippen LogP contribution < -0.4 is 15.6 Å². The van der Waals surface area contributed by atoms with E-state index in [0.717, 1.165) is 12.8 Å². The third-order valence-corrected chi connectivity index (χ3v) is 18.5. The number of hydrogen-bond donors (Lipinski definition) is 0. The molecule has 3 unspecified atom stereocenters. The molecule has 0 spiro atoms. The minimum Gasteiger partial charge on any atom is -0.146 e. The molecule has 5 aromatic rings. The average Bonchev–Trinajstić information content (AvgIpc) is 3.12. The van der Waals surface area contributed by atoms with Gasteiger partial charge in [0.1, 0.15) is 0 Å². The minimum absolute atomic E-state index is 0.249. The Labute approximate surface area is 271 Å². The van der Waals surface area contributed by atoms with Crippen LogP contribution in [0.25, 0.3) is 0 Å². The van der Waals surface area contributed by atoms with Crippen molar-refractivity contribution in [1.29, 1.82) is 0 Å². The summed E-state index contributed by atoms with van der Waals surface area (Å²) < 4.78 is 0. The molecule has 2 aliphatic rings. The molecule has 0 heterocycles. The molecule has 0 amide bonds. The normalized spacial score (nSPS) is 18.4. The van der Waals surface area contributed by atoms with E-state index in [9.17, 15) is 0 Å². The number of hydrogen-bond acceptors (Lipinski definition) is 0. The standard InChI is InChI=1S/C43H38SSi/c1-35-30-32-38(33-31-35)44(36-18-7-2-8-19-36,37-20-9-3-10-21-37)39-22-17-29-43(34-39)45(40-23-11-4-12-24-40,41-25-13-5-14-26-41)42-27-15-6-16-28-42/h2-9,11-20,22-30,32-33,35,39H,31,34H2,1H3. The first kappa shape index (κ1) is 29.2. The molecule has 7 rings (SSSR count). The molecule has 0 nitrogen and oxygen atoms in total. The van der Waals surface area contributed by atoms with Crippen molar-refractivity contribution in [1.82, 2.24) is 0 Å². The average molecular weight is 615 g/mol. The fourth-order valence-electron chi connectivity index (χ4n) is 7.30. The predicted octanol–water partition coefficient (Wildman–Crippen LogP) is 8.95. The van der Waals surface area contributed by atoms with Crippen LogP contribution in [-0.2, 0) is 0 Å². The summed E-state index contributed by atoms with van der Waals surface area (Å²) in [5, 5.41) is 6.06. The van der Waals surface area contributed by atoms with Gasteiger partial charge in [-0.05, 0) is 68.4 Å². The number of benzene rings is 4. The van der Waals surface area contributed by atoms with Crippen LogP contribution in [0.2, 0.25) is 0 Å². The van der Waals surface area contributed by atoms with Crippen LogP contribution in [0, 0.1) is 18.1 Å². The van der Waals surface area contributed by atoms with Crippen LogP contribution in [0.5, 0.6) is 0 Å². The summed E-state index contributed by atoms with van der Waals surface area (Å²) in [6, 6.07) is 58.6. The van der Waals surface area contributed by atoms with E-state index >= 15 is 0 Å². The summed E-state index contributed by atoms with van der Waals surface area (Å²) >= 11 is 0. The van der Waals surface area contributed by atoms with Crippen molar-refractivity contribution in [2.75, 3.05) is 0 Å². The van der Waals surface area contributed by atoms with Gasteiger partial charge in [-0.3, -0.25) is 0 Å². The molecule has 220 valence electrons. The van der Waals surface area contributed by atoms with E-state index in [1.165, 1.54) is 30.3 Å². The molecule has 0 saturated carbocycles. The molecule has 0 bridgehead atoms. The van der Waals surface area contributed by atoms with Crippen LogP contribution in [-0.4, -0.2) is 13.3 Å². The number of rotatable bonds is 8. The number of allylic oxidation sites excluding steroid dienone is 6. The summed E-state index contributed by atoms with van der Waals surface area (Å²) in [5.41, 5.74) is 0. The van der Waals surface area contributed by atoms with Gasteiger partial charge in [-0.1, -0.05) is 176 Å². The molecule has 0 aromatic heterocycles. The Morgan fingerprint density at radius 1 is 0.667 bits per heavy atom. The largest absolute Gasteiger partial charge is 0.175 e. The van der Waals surface area contributed by atoms with Crippen LogP contribution in [0.15, 0.2) is 196 Å². The Morgan fingerprint density at radius 2 is 1.24 bits per heavy atom. The van der Waals surface area contributed by atoms with Gasteiger partial charge < -0.3 is 0 Å². The van der Waals surface area contributed by atoms with E-state index in [2.05, 4.69) is 189 Å². The van der Waals surface area contributed by atoms with E-state index in [1.807, 2.05) is 6.07 Å². The molecular formula is C43H38SSi. The topological polar surface area (TPSA) is 0 Å². The highest BCUT2D eigenvalue weighted by Crippen LogP contribution is 2.73. The Bertz CT molecular complexity index is 1700. The van der Waals surface area contributed by atoms with E-state index in [0.29, 0.717) is 5.92 Å². The Hall–Kier alpha value is -4.55. The lowest BCUT2D eigenvalue weighted by atomic mass is 10.0. The SMILES string of the molecule is CC1C=CC(S(c2c#cccc2)(c2ccccc2)C2C=CC=C([Si](c3ccccc3)(c3ccccc3)c3ccccc3)C2)=CC1. The molecule has 2 heteroatoms. The van der Waals surface area contributed by atoms with Gasteiger partial charge in [0.25, 0.3) is 0 Å². The van der Waals surface area contributed by atoms with E-state index in [1.54, 1.807) is 5.20 Å². The van der Waals surface area contributed by atoms with Crippen molar-refractivity contribution >= 4 is 33.7 Å². The first-order chi connectivity index (χ1) is 22.2. The van der Waals surface area contributed by atoms with Gasteiger partial charge in [0.2, 0.25) is 0 Å². The Morgan fingerprint density at radius 3 is 1.76 bits per heavy atom. The monoisotopic (exact) mass is 614 g/mol. The van der Waals surface area contributed by atoms with Crippen molar-refractivity contribution in [2.24, 2.45) is 5.92 Å². The van der Waals surface area contributed by atoms with Gasteiger partial charge in [0.15, 0.2) is 8.07 Å². The van der Waals surface area contributed by atoms with Gasteiger partial charge in [-0.25, -0.2) is 0 Å². The lowest BCUT2D eigenvalue weighted by Crippen LogP contribution is -2.69. The quantitative estimate of drug-likeness (QED) is 0.121. The highest BCUT2D eigenvalue weighted by Gasteiger charge is 2.47. The summed E-state index contributed by atoms with van der Waals surface area (Å²) in [6.45, 7) is 2.31. The third-order valence-electron chi connectivity index (χ3n) is 9.34. The van der Waals surface area contributed by atoms with Crippen LogP contribution in [0.1, 0.15) is 19.8 Å². The Balaban J connectivity index is 1.49.